The van der Waals surface area contributed by atoms with Crippen molar-refractivity contribution in [1.29, 1.82) is 0 Å². The molecule has 0 spiro atoms. The van der Waals surface area contributed by atoms with E-state index in [1.807, 2.05) is 12.1 Å². The van der Waals surface area contributed by atoms with Crippen molar-refractivity contribution in [2.24, 2.45) is 0 Å². The number of benzene rings is 3. The number of aromatic hydroxyl groups is 1. The van der Waals surface area contributed by atoms with Gasteiger partial charge in [-0.3, -0.25) is 24.1 Å². The zero-order chi connectivity index (χ0) is 28.6. The van der Waals surface area contributed by atoms with Gasteiger partial charge in [0, 0.05) is 29.5 Å². The number of nitrogens with one attached hydrogen (secondary N) is 2. The maximum Gasteiger partial charge on any atom is 0.261 e. The Labute approximate surface area is 232 Å². The Morgan fingerprint density at radius 1 is 0.900 bits per heavy atom. The molecule has 1 saturated heterocycles. The molecule has 40 heavy (non-hydrogen) atoms. The third-order valence-electron chi connectivity index (χ3n) is 7.16. The molecule has 2 aliphatic heterocycles. The molecule has 1 unspecified atom stereocenters. The SMILES string of the molecule is CC(C)(C)c1ccc(C(=O)Nc2ccc(NC(=O)c3ccc4c(c3)C(=O)N(CC3CCCO3)C4=O)cc2O)cc1. The molecule has 3 aromatic carbocycles. The summed E-state index contributed by atoms with van der Waals surface area (Å²) in [6, 6.07) is 16.0. The number of nitrogens with zero attached hydrogens (tertiary/aromatic N) is 1. The van der Waals surface area contributed by atoms with Crippen LogP contribution in [0.2, 0.25) is 0 Å². The molecule has 1 fully saturated rings. The third kappa shape index (κ3) is 5.46. The predicted molar refractivity (Wildman–Crippen MR) is 150 cm³/mol. The molecule has 2 aliphatic rings. The minimum Gasteiger partial charge on any atom is -0.506 e. The Balaban J connectivity index is 1.24. The molecule has 4 amide bonds. The lowest BCUT2D eigenvalue weighted by molar-refractivity contribution is 0.0475. The average Bonchev–Trinajstić information content (AvgIpc) is 3.52. The van der Waals surface area contributed by atoms with Crippen LogP contribution in [0.15, 0.2) is 60.7 Å². The van der Waals surface area contributed by atoms with E-state index >= 15 is 0 Å². The van der Waals surface area contributed by atoms with E-state index in [9.17, 15) is 24.3 Å². The number of carbonyl (C=O) groups excluding carboxylic acids is 4. The molecular formula is C31H31N3O6. The normalized spacial score (nSPS) is 16.7. The van der Waals surface area contributed by atoms with E-state index in [0.717, 1.165) is 18.4 Å². The zero-order valence-corrected chi connectivity index (χ0v) is 22.6. The number of fused-ring (bicyclic) bond motifs is 1. The number of anilines is 2. The molecule has 0 radical (unpaired) electrons. The Morgan fingerprint density at radius 2 is 1.57 bits per heavy atom. The standard InChI is InChI=1S/C31H31N3O6/c1-31(2,3)20-9-6-18(7-10-20)27(36)33-25-13-11-21(16-26(25)35)32-28(37)19-8-12-23-24(15-19)30(39)34(29(23)38)17-22-5-4-14-40-22/h6-13,15-16,22,35H,4-5,14,17H2,1-3H3,(H,32,37)(H,33,36). The lowest BCUT2D eigenvalue weighted by atomic mass is 9.87. The summed E-state index contributed by atoms with van der Waals surface area (Å²) in [6.07, 6.45) is 1.52. The fourth-order valence-corrected chi connectivity index (χ4v) is 4.82. The number of imide groups is 1. The van der Waals surface area contributed by atoms with Crippen molar-refractivity contribution in [1.82, 2.24) is 4.90 Å². The summed E-state index contributed by atoms with van der Waals surface area (Å²) in [7, 11) is 0. The summed E-state index contributed by atoms with van der Waals surface area (Å²) in [5.41, 5.74) is 2.61. The largest absolute Gasteiger partial charge is 0.506 e. The average molecular weight is 542 g/mol. The van der Waals surface area contributed by atoms with Gasteiger partial charge in [-0.2, -0.15) is 0 Å². The van der Waals surface area contributed by atoms with Crippen LogP contribution in [0.3, 0.4) is 0 Å². The Hall–Kier alpha value is -4.50. The first-order chi connectivity index (χ1) is 19.0. The molecule has 0 aromatic heterocycles. The molecule has 0 bridgehead atoms. The molecule has 3 N–H and O–H groups in total. The van der Waals surface area contributed by atoms with Crippen molar-refractivity contribution in [3.63, 3.8) is 0 Å². The Bertz CT molecular complexity index is 1500. The van der Waals surface area contributed by atoms with Crippen molar-refractivity contribution < 1.29 is 29.0 Å². The van der Waals surface area contributed by atoms with Gasteiger partial charge >= 0.3 is 0 Å². The second-order valence-corrected chi connectivity index (χ2v) is 11.1. The van der Waals surface area contributed by atoms with E-state index in [2.05, 4.69) is 31.4 Å². The fourth-order valence-electron chi connectivity index (χ4n) is 4.82. The van der Waals surface area contributed by atoms with Crippen molar-refractivity contribution in [2.45, 2.75) is 45.1 Å². The quantitative estimate of drug-likeness (QED) is 0.299. The number of hydrogen-bond donors (Lipinski definition) is 3. The first-order valence-corrected chi connectivity index (χ1v) is 13.2. The molecule has 0 saturated carbocycles. The highest BCUT2D eigenvalue weighted by atomic mass is 16.5. The van der Waals surface area contributed by atoms with Crippen LogP contribution >= 0.6 is 0 Å². The molecule has 5 rings (SSSR count). The van der Waals surface area contributed by atoms with E-state index in [0.29, 0.717) is 12.2 Å². The molecule has 3 aromatic rings. The van der Waals surface area contributed by atoms with Gasteiger partial charge in [0.05, 0.1) is 29.5 Å². The highest BCUT2D eigenvalue weighted by molar-refractivity contribution is 6.22. The van der Waals surface area contributed by atoms with Crippen LogP contribution in [0.25, 0.3) is 0 Å². The lowest BCUT2D eigenvalue weighted by Crippen LogP contribution is -2.36. The molecule has 1 atom stereocenters. The van der Waals surface area contributed by atoms with Gasteiger partial charge < -0.3 is 20.5 Å². The van der Waals surface area contributed by atoms with Crippen molar-refractivity contribution in [3.05, 3.63) is 88.5 Å². The van der Waals surface area contributed by atoms with E-state index in [1.165, 1.54) is 35.2 Å². The highest BCUT2D eigenvalue weighted by Crippen LogP contribution is 2.30. The van der Waals surface area contributed by atoms with Gasteiger partial charge in [0.1, 0.15) is 5.75 Å². The van der Waals surface area contributed by atoms with Crippen LogP contribution in [-0.2, 0) is 10.2 Å². The maximum atomic E-state index is 12.9. The second-order valence-electron chi connectivity index (χ2n) is 11.1. The third-order valence-corrected chi connectivity index (χ3v) is 7.16. The van der Waals surface area contributed by atoms with Crippen molar-refractivity contribution in [2.75, 3.05) is 23.8 Å². The van der Waals surface area contributed by atoms with Gasteiger partial charge in [-0.25, -0.2) is 0 Å². The highest BCUT2D eigenvalue weighted by Gasteiger charge is 2.38. The smallest absolute Gasteiger partial charge is 0.261 e. The van der Waals surface area contributed by atoms with Gasteiger partial charge in [0.15, 0.2) is 0 Å². The van der Waals surface area contributed by atoms with E-state index in [1.54, 1.807) is 18.2 Å². The van der Waals surface area contributed by atoms with E-state index < -0.39 is 17.7 Å². The molecular weight excluding hydrogens is 510 g/mol. The Morgan fingerprint density at radius 3 is 2.23 bits per heavy atom. The van der Waals surface area contributed by atoms with Crippen LogP contribution in [-0.4, -0.2) is 52.9 Å². The van der Waals surface area contributed by atoms with Gasteiger partial charge in [-0.1, -0.05) is 32.9 Å². The van der Waals surface area contributed by atoms with Crippen LogP contribution in [0, 0.1) is 0 Å². The number of amides is 4. The maximum absolute atomic E-state index is 12.9. The number of hydrogen-bond acceptors (Lipinski definition) is 6. The summed E-state index contributed by atoms with van der Waals surface area (Å²) in [5.74, 6) is -1.96. The summed E-state index contributed by atoms with van der Waals surface area (Å²) in [5, 5.41) is 15.9. The molecule has 2 heterocycles. The first kappa shape index (κ1) is 27.1. The summed E-state index contributed by atoms with van der Waals surface area (Å²) < 4.78 is 5.56. The van der Waals surface area contributed by atoms with Gasteiger partial charge in [0.2, 0.25) is 0 Å². The van der Waals surface area contributed by atoms with Crippen molar-refractivity contribution in [3.8, 4) is 5.75 Å². The molecule has 206 valence electrons. The topological polar surface area (TPSA) is 125 Å². The number of ether oxygens (including phenoxy) is 1. The summed E-state index contributed by atoms with van der Waals surface area (Å²) in [6.45, 7) is 7.08. The minimum atomic E-state index is -0.518. The van der Waals surface area contributed by atoms with Gasteiger partial charge in [0.25, 0.3) is 23.6 Å². The second kappa shape index (κ2) is 10.6. The van der Waals surface area contributed by atoms with Crippen molar-refractivity contribution >= 4 is 35.0 Å². The number of phenolic OH excluding ortho intramolecular Hbond substituents is 1. The summed E-state index contributed by atoms with van der Waals surface area (Å²) in [4.78, 5) is 52.4. The molecule has 0 aliphatic carbocycles. The van der Waals surface area contributed by atoms with Gasteiger partial charge in [-0.15, -0.1) is 0 Å². The molecule has 9 nitrogen and oxygen atoms in total. The summed E-state index contributed by atoms with van der Waals surface area (Å²) >= 11 is 0. The number of rotatable bonds is 6. The van der Waals surface area contributed by atoms with Gasteiger partial charge in [-0.05, 0) is 66.3 Å². The number of carbonyl (C=O) groups is 4. The van der Waals surface area contributed by atoms with Crippen LogP contribution < -0.4 is 10.6 Å². The monoisotopic (exact) mass is 541 g/mol. The van der Waals surface area contributed by atoms with Crippen LogP contribution in [0.1, 0.15) is 80.6 Å². The van der Waals surface area contributed by atoms with Crippen LogP contribution in [0.5, 0.6) is 5.75 Å². The van der Waals surface area contributed by atoms with E-state index in [4.69, 9.17) is 4.74 Å². The fraction of sp³-hybridized carbons (Fsp3) is 0.290. The van der Waals surface area contributed by atoms with Crippen LogP contribution in [0.4, 0.5) is 11.4 Å². The lowest BCUT2D eigenvalue weighted by Gasteiger charge is -2.19. The molecule has 9 heteroatoms. The zero-order valence-electron chi connectivity index (χ0n) is 22.6. The predicted octanol–water partition coefficient (Wildman–Crippen LogP) is 4.97. The number of phenols is 1. The minimum absolute atomic E-state index is 0.0366. The first-order valence-electron chi connectivity index (χ1n) is 13.2. The van der Waals surface area contributed by atoms with E-state index in [-0.39, 0.29) is 57.8 Å². The Kier molecular flexibility index (Phi) is 7.16.